The minimum atomic E-state index is -3.35. The molecule has 0 aliphatic heterocycles. The highest BCUT2D eigenvalue weighted by molar-refractivity contribution is 7.88. The zero-order chi connectivity index (χ0) is 20.7. The third-order valence-electron chi connectivity index (χ3n) is 4.18. The van der Waals surface area contributed by atoms with Crippen molar-refractivity contribution >= 4 is 21.5 Å². The van der Waals surface area contributed by atoms with Crippen LogP contribution in [0.15, 0.2) is 60.9 Å². The van der Waals surface area contributed by atoms with Gasteiger partial charge in [0, 0.05) is 23.9 Å². The van der Waals surface area contributed by atoms with E-state index >= 15 is 0 Å². The van der Waals surface area contributed by atoms with E-state index in [2.05, 4.69) is 20.0 Å². The van der Waals surface area contributed by atoms with Crippen LogP contribution in [0.5, 0.6) is 5.75 Å². The van der Waals surface area contributed by atoms with Crippen LogP contribution < -0.4 is 14.8 Å². The second kappa shape index (κ2) is 9.49. The molecule has 0 saturated heterocycles. The maximum Gasteiger partial charge on any atom is 0.215 e. The van der Waals surface area contributed by atoms with Gasteiger partial charge in [-0.1, -0.05) is 31.2 Å². The third-order valence-corrected chi connectivity index (χ3v) is 5.54. The van der Waals surface area contributed by atoms with Gasteiger partial charge in [0.1, 0.15) is 17.9 Å². The average molecular weight is 413 g/mol. The van der Waals surface area contributed by atoms with Gasteiger partial charge >= 0.3 is 0 Å². The molecule has 0 bridgehead atoms. The summed E-state index contributed by atoms with van der Waals surface area (Å²) >= 11 is 0. The van der Waals surface area contributed by atoms with Crippen LogP contribution >= 0.6 is 0 Å². The quantitative estimate of drug-likeness (QED) is 0.556. The highest BCUT2D eigenvalue weighted by atomic mass is 32.2. The lowest BCUT2D eigenvalue weighted by Gasteiger charge is -2.11. The van der Waals surface area contributed by atoms with E-state index in [1.54, 1.807) is 19.2 Å². The standard InChI is InChI=1S/C21H24N4O3S/c1-3-11-24-29(26,27)14-16-7-6-8-17(12-16)25-21-13-19(22-15-23-21)18-9-4-5-10-20(18)28-2/h4-10,12-13,15,24H,3,11,14H2,1-2H3,(H,22,23,25). The molecule has 0 atom stereocenters. The maximum atomic E-state index is 12.1. The number of hydrogen-bond donors (Lipinski definition) is 2. The lowest BCUT2D eigenvalue weighted by molar-refractivity contribution is 0.416. The normalized spacial score (nSPS) is 11.2. The number of methoxy groups -OCH3 is 1. The summed E-state index contributed by atoms with van der Waals surface area (Å²) in [6, 6.07) is 16.7. The monoisotopic (exact) mass is 412 g/mol. The predicted molar refractivity (Wildman–Crippen MR) is 115 cm³/mol. The Hall–Kier alpha value is -2.97. The molecule has 1 aromatic heterocycles. The number of nitrogens with one attached hydrogen (secondary N) is 2. The van der Waals surface area contributed by atoms with Crippen molar-refractivity contribution in [3.63, 3.8) is 0 Å². The average Bonchev–Trinajstić information content (AvgIpc) is 2.72. The molecule has 8 heteroatoms. The summed E-state index contributed by atoms with van der Waals surface area (Å²) in [4.78, 5) is 8.60. The summed E-state index contributed by atoms with van der Waals surface area (Å²) in [5, 5.41) is 3.21. The Balaban J connectivity index is 1.79. The number of nitrogens with zero attached hydrogens (tertiary/aromatic N) is 2. The summed E-state index contributed by atoms with van der Waals surface area (Å²) < 4.78 is 32.2. The second-order valence-electron chi connectivity index (χ2n) is 6.47. The van der Waals surface area contributed by atoms with Crippen molar-refractivity contribution in [1.82, 2.24) is 14.7 Å². The molecule has 2 aromatic carbocycles. The molecule has 0 unspecified atom stereocenters. The lowest BCUT2D eigenvalue weighted by atomic mass is 10.1. The minimum Gasteiger partial charge on any atom is -0.496 e. The molecule has 3 rings (SSSR count). The maximum absolute atomic E-state index is 12.1. The molecule has 1 heterocycles. The molecule has 0 fully saturated rings. The van der Waals surface area contributed by atoms with E-state index in [0.29, 0.717) is 17.9 Å². The Morgan fingerprint density at radius 2 is 1.86 bits per heavy atom. The first kappa shape index (κ1) is 20.8. The van der Waals surface area contributed by atoms with E-state index in [9.17, 15) is 8.42 Å². The van der Waals surface area contributed by atoms with Gasteiger partial charge in [-0.15, -0.1) is 0 Å². The zero-order valence-corrected chi connectivity index (χ0v) is 17.2. The number of hydrogen-bond acceptors (Lipinski definition) is 6. The number of ether oxygens (including phenoxy) is 1. The van der Waals surface area contributed by atoms with Gasteiger partial charge in [0.05, 0.1) is 18.6 Å². The van der Waals surface area contributed by atoms with Crippen LogP contribution in [0, 0.1) is 0 Å². The van der Waals surface area contributed by atoms with Crippen LogP contribution in [-0.2, 0) is 15.8 Å². The highest BCUT2D eigenvalue weighted by Crippen LogP contribution is 2.29. The number of benzene rings is 2. The lowest BCUT2D eigenvalue weighted by Crippen LogP contribution is -2.25. The predicted octanol–water partition coefficient (Wildman–Crippen LogP) is 3.73. The number of rotatable bonds is 9. The van der Waals surface area contributed by atoms with Crippen molar-refractivity contribution in [2.45, 2.75) is 19.1 Å². The number of para-hydroxylation sites is 1. The Morgan fingerprint density at radius 3 is 2.66 bits per heavy atom. The van der Waals surface area contributed by atoms with Gasteiger partial charge < -0.3 is 10.1 Å². The summed E-state index contributed by atoms with van der Waals surface area (Å²) in [6.45, 7) is 2.36. The van der Waals surface area contributed by atoms with Crippen LogP contribution in [0.25, 0.3) is 11.3 Å². The summed E-state index contributed by atoms with van der Waals surface area (Å²) in [5.74, 6) is 1.26. The molecular weight excluding hydrogens is 388 g/mol. The van der Waals surface area contributed by atoms with Gasteiger partial charge in [0.25, 0.3) is 0 Å². The molecule has 0 amide bonds. The SMILES string of the molecule is CCCNS(=O)(=O)Cc1cccc(Nc2cc(-c3ccccc3OC)ncn2)c1. The smallest absolute Gasteiger partial charge is 0.215 e. The van der Waals surface area contributed by atoms with Gasteiger partial charge in [0.15, 0.2) is 0 Å². The molecule has 0 spiro atoms. The van der Waals surface area contributed by atoms with Gasteiger partial charge in [-0.2, -0.15) is 0 Å². The number of sulfonamides is 1. The summed E-state index contributed by atoms with van der Waals surface area (Å²) in [5.41, 5.74) is 3.03. The molecule has 7 nitrogen and oxygen atoms in total. The first-order valence-electron chi connectivity index (χ1n) is 9.29. The van der Waals surface area contributed by atoms with E-state index in [0.717, 1.165) is 29.1 Å². The van der Waals surface area contributed by atoms with Crippen molar-refractivity contribution in [3.8, 4) is 17.0 Å². The van der Waals surface area contributed by atoms with Crippen molar-refractivity contribution in [2.24, 2.45) is 0 Å². The van der Waals surface area contributed by atoms with E-state index in [-0.39, 0.29) is 5.75 Å². The third kappa shape index (κ3) is 5.75. The van der Waals surface area contributed by atoms with Crippen LogP contribution in [0.1, 0.15) is 18.9 Å². The summed E-state index contributed by atoms with van der Waals surface area (Å²) in [7, 11) is -1.73. The fourth-order valence-electron chi connectivity index (χ4n) is 2.84. The first-order chi connectivity index (χ1) is 14.0. The molecule has 0 aliphatic rings. The van der Waals surface area contributed by atoms with Gasteiger partial charge in [-0.25, -0.2) is 23.1 Å². The largest absolute Gasteiger partial charge is 0.496 e. The minimum absolute atomic E-state index is 0.0707. The topological polar surface area (TPSA) is 93.2 Å². The van der Waals surface area contributed by atoms with Crippen LogP contribution in [0.3, 0.4) is 0 Å². The second-order valence-corrected chi connectivity index (χ2v) is 8.27. The molecule has 0 aliphatic carbocycles. The first-order valence-corrected chi connectivity index (χ1v) is 10.9. The van der Waals surface area contributed by atoms with Crippen LogP contribution in [0.4, 0.5) is 11.5 Å². The Labute approximate surface area is 171 Å². The van der Waals surface area contributed by atoms with Crippen LogP contribution in [-0.4, -0.2) is 32.0 Å². The number of anilines is 2. The fourth-order valence-corrected chi connectivity index (χ4v) is 4.08. The Morgan fingerprint density at radius 1 is 1.03 bits per heavy atom. The van der Waals surface area contributed by atoms with Gasteiger partial charge in [-0.05, 0) is 36.2 Å². The van der Waals surface area contributed by atoms with Crippen molar-refractivity contribution in [1.29, 1.82) is 0 Å². The van der Waals surface area contributed by atoms with E-state index in [4.69, 9.17) is 4.74 Å². The van der Waals surface area contributed by atoms with Crippen molar-refractivity contribution in [2.75, 3.05) is 19.0 Å². The molecule has 29 heavy (non-hydrogen) atoms. The molecular formula is C21H24N4O3S. The van der Waals surface area contributed by atoms with Gasteiger partial charge in [0.2, 0.25) is 10.0 Å². The highest BCUT2D eigenvalue weighted by Gasteiger charge is 2.11. The summed E-state index contributed by atoms with van der Waals surface area (Å²) in [6.07, 6.45) is 2.23. The van der Waals surface area contributed by atoms with E-state index in [1.165, 1.54) is 6.33 Å². The van der Waals surface area contributed by atoms with E-state index < -0.39 is 10.0 Å². The Bertz CT molecular complexity index is 1070. The van der Waals surface area contributed by atoms with Crippen LogP contribution in [0.2, 0.25) is 0 Å². The van der Waals surface area contributed by atoms with Crippen molar-refractivity contribution in [3.05, 3.63) is 66.5 Å². The zero-order valence-electron chi connectivity index (χ0n) is 16.4. The molecule has 0 radical (unpaired) electrons. The molecule has 152 valence electrons. The van der Waals surface area contributed by atoms with Crippen molar-refractivity contribution < 1.29 is 13.2 Å². The molecule has 2 N–H and O–H groups in total. The van der Waals surface area contributed by atoms with E-state index in [1.807, 2.05) is 49.4 Å². The number of aromatic nitrogens is 2. The Kier molecular flexibility index (Phi) is 6.79. The molecule has 0 saturated carbocycles. The molecule has 3 aromatic rings. The van der Waals surface area contributed by atoms with Gasteiger partial charge in [-0.3, -0.25) is 0 Å². The fraction of sp³-hybridized carbons (Fsp3) is 0.238.